The summed E-state index contributed by atoms with van der Waals surface area (Å²) >= 11 is 0. The second kappa shape index (κ2) is 14.4. The summed E-state index contributed by atoms with van der Waals surface area (Å²) in [6.07, 6.45) is 6.92. The fourth-order valence-corrected chi connectivity index (χ4v) is 8.44. The Labute approximate surface area is 297 Å². The Bertz CT molecular complexity index is 1760. The number of hydrogen-bond acceptors (Lipinski definition) is 12. The molecule has 7 heterocycles. The number of aromatic nitrogens is 3. The van der Waals surface area contributed by atoms with E-state index < -0.39 is 17.9 Å². The summed E-state index contributed by atoms with van der Waals surface area (Å²) in [6.45, 7) is 9.24. The number of pyridine rings is 1. The molecule has 0 bridgehead atoms. The van der Waals surface area contributed by atoms with E-state index in [2.05, 4.69) is 56.8 Å². The molecular formula is C37H46N10O4. The number of piperidine rings is 3. The van der Waals surface area contributed by atoms with Gasteiger partial charge in [0.2, 0.25) is 11.8 Å². The van der Waals surface area contributed by atoms with E-state index in [1.165, 1.54) is 12.8 Å². The quantitative estimate of drug-likeness (QED) is 0.267. The van der Waals surface area contributed by atoms with E-state index in [-0.39, 0.29) is 23.8 Å². The van der Waals surface area contributed by atoms with Crippen molar-refractivity contribution < 1.29 is 19.5 Å². The maximum absolute atomic E-state index is 12.7. The number of para-hydroxylation sites is 1. The number of nitrogens with one attached hydrogen (secondary N) is 3. The molecule has 1 unspecified atom stereocenters. The van der Waals surface area contributed by atoms with E-state index in [0.717, 1.165) is 88.9 Å². The van der Waals surface area contributed by atoms with Crippen molar-refractivity contribution in [2.45, 2.75) is 56.7 Å². The lowest BCUT2D eigenvalue weighted by Gasteiger charge is -2.49. The van der Waals surface area contributed by atoms with Gasteiger partial charge in [-0.05, 0) is 81.4 Å². The van der Waals surface area contributed by atoms with E-state index in [4.69, 9.17) is 0 Å². The van der Waals surface area contributed by atoms with Gasteiger partial charge in [-0.3, -0.25) is 24.6 Å². The molecule has 4 saturated heterocycles. The van der Waals surface area contributed by atoms with Crippen LogP contribution in [0.25, 0.3) is 11.3 Å². The van der Waals surface area contributed by atoms with Crippen LogP contribution in [0.3, 0.4) is 0 Å². The Morgan fingerprint density at radius 1 is 0.922 bits per heavy atom. The smallest absolute Gasteiger partial charge is 0.270 e. The minimum absolute atomic E-state index is 0.214. The van der Waals surface area contributed by atoms with Crippen molar-refractivity contribution >= 4 is 34.9 Å². The molecule has 3 amide bonds. The Morgan fingerprint density at radius 2 is 1.75 bits per heavy atom. The summed E-state index contributed by atoms with van der Waals surface area (Å²) in [5.41, 5.74) is 3.73. The molecule has 5 aliphatic rings. The van der Waals surface area contributed by atoms with Gasteiger partial charge >= 0.3 is 0 Å². The largest absolute Gasteiger partial charge is 0.507 e. The molecule has 51 heavy (non-hydrogen) atoms. The molecule has 4 N–H and O–H groups in total. The summed E-state index contributed by atoms with van der Waals surface area (Å²) in [4.78, 5) is 50.6. The second-order valence-electron chi connectivity index (χ2n) is 14.5. The number of amides is 3. The Kier molecular flexibility index (Phi) is 9.43. The molecule has 5 aliphatic heterocycles. The lowest BCUT2D eigenvalue weighted by molar-refractivity contribution is -0.134. The average molecular weight is 695 g/mol. The third-order valence-electron chi connectivity index (χ3n) is 11.4. The van der Waals surface area contributed by atoms with Crippen LogP contribution in [0.4, 0.5) is 17.2 Å². The van der Waals surface area contributed by atoms with Gasteiger partial charge in [0.25, 0.3) is 5.91 Å². The lowest BCUT2D eigenvalue weighted by Crippen LogP contribution is -2.61. The molecule has 0 saturated carbocycles. The highest BCUT2D eigenvalue weighted by atomic mass is 16.3. The number of piperazine rings is 1. The van der Waals surface area contributed by atoms with Crippen LogP contribution in [0, 0.1) is 5.92 Å². The first-order valence-corrected chi connectivity index (χ1v) is 18.4. The van der Waals surface area contributed by atoms with Gasteiger partial charge in [0.05, 0.1) is 29.3 Å². The number of rotatable bonds is 7. The normalized spacial score (nSPS) is 23.6. The predicted octanol–water partition coefficient (Wildman–Crippen LogP) is 2.08. The predicted molar refractivity (Wildman–Crippen MR) is 193 cm³/mol. The molecule has 8 rings (SSSR count). The van der Waals surface area contributed by atoms with Crippen LogP contribution in [0.1, 0.15) is 49.0 Å². The van der Waals surface area contributed by atoms with Crippen LogP contribution in [0.15, 0.2) is 48.7 Å². The first kappa shape index (κ1) is 33.3. The number of fused-ring (bicyclic) bond motifs is 3. The summed E-state index contributed by atoms with van der Waals surface area (Å²) in [7, 11) is 0. The van der Waals surface area contributed by atoms with E-state index in [0.29, 0.717) is 35.7 Å². The molecule has 2 atom stereocenters. The van der Waals surface area contributed by atoms with Crippen LogP contribution < -0.4 is 25.8 Å². The highest BCUT2D eigenvalue weighted by molar-refractivity contribution is 6.03. The van der Waals surface area contributed by atoms with Gasteiger partial charge in [-0.15, -0.1) is 10.2 Å². The van der Waals surface area contributed by atoms with Gasteiger partial charge in [0.1, 0.15) is 17.5 Å². The van der Waals surface area contributed by atoms with Crippen LogP contribution in [0.2, 0.25) is 0 Å². The molecule has 4 fully saturated rings. The number of carbonyl (C=O) groups excluding carboxylic acids is 3. The number of phenolic OH excluding ortho intramolecular Hbond substituents is 1. The van der Waals surface area contributed by atoms with Crippen molar-refractivity contribution in [1.29, 1.82) is 0 Å². The number of anilines is 3. The van der Waals surface area contributed by atoms with Gasteiger partial charge in [-0.1, -0.05) is 12.1 Å². The topological polar surface area (TPSA) is 159 Å². The number of likely N-dealkylation sites (tertiary alicyclic amines) is 1. The zero-order valence-corrected chi connectivity index (χ0v) is 28.8. The van der Waals surface area contributed by atoms with Gasteiger partial charge in [-0.2, -0.15) is 0 Å². The first-order chi connectivity index (χ1) is 24.9. The first-order valence-electron chi connectivity index (χ1n) is 18.4. The van der Waals surface area contributed by atoms with Crippen molar-refractivity contribution in [2.75, 3.05) is 74.0 Å². The number of carbonyl (C=O) groups is 3. The lowest BCUT2D eigenvalue weighted by atomic mass is 9.94. The molecule has 0 aliphatic carbocycles. The average Bonchev–Trinajstić information content (AvgIpc) is 3.16. The maximum Gasteiger partial charge on any atom is 0.270 e. The Morgan fingerprint density at radius 3 is 2.51 bits per heavy atom. The number of phenols is 1. The van der Waals surface area contributed by atoms with E-state index in [1.54, 1.807) is 18.3 Å². The molecule has 14 nitrogen and oxygen atoms in total. The summed E-state index contributed by atoms with van der Waals surface area (Å²) in [5.74, 6) is 0.521. The van der Waals surface area contributed by atoms with Crippen LogP contribution in [-0.4, -0.2) is 125 Å². The molecule has 268 valence electrons. The standard InChI is InChI=1S/C37H46N10O4/c48-33-4-2-1-3-28(33)31-19-32-35(43-42-31)39-21-27-23-46(17-18-47(27)32)25-11-13-44(14-12-25)22-24-9-15-45(16-10-24)26-5-6-29(38-20-26)36(50)40-30-7-8-34(49)41-37(30)51/h1-6,19-20,24-25,27,30,48H,7-18,21-23H2,(H,39,43)(H,40,50)(H,41,49,51)/t27-,30?/m0/s1. The maximum atomic E-state index is 12.7. The molecule has 0 radical (unpaired) electrons. The number of nitrogens with zero attached hydrogens (tertiary/aromatic N) is 7. The van der Waals surface area contributed by atoms with Crippen LogP contribution in [0.5, 0.6) is 5.75 Å². The number of benzene rings is 1. The van der Waals surface area contributed by atoms with Crippen LogP contribution in [-0.2, 0) is 9.59 Å². The molecule has 3 aromatic rings. The van der Waals surface area contributed by atoms with Gasteiger partial charge in [-0.25, -0.2) is 4.98 Å². The van der Waals surface area contributed by atoms with Gasteiger partial charge in [0, 0.05) is 63.8 Å². The number of hydrogen-bond donors (Lipinski definition) is 4. The third-order valence-corrected chi connectivity index (χ3v) is 11.4. The third kappa shape index (κ3) is 7.20. The highest BCUT2D eigenvalue weighted by Crippen LogP contribution is 2.36. The van der Waals surface area contributed by atoms with E-state index in [1.807, 2.05) is 24.3 Å². The molecule has 14 heteroatoms. The SMILES string of the molecule is O=C1CCC(NC(=O)c2ccc(N3CCC(CN4CCC(N5CCN6c7cc(-c8ccccc8O)nnc7NC[C@H]6C5)CC4)CC3)cn2)C(=O)N1. The van der Waals surface area contributed by atoms with E-state index in [9.17, 15) is 19.5 Å². The van der Waals surface area contributed by atoms with Crippen molar-refractivity contribution in [1.82, 2.24) is 35.6 Å². The van der Waals surface area contributed by atoms with Crippen LogP contribution >= 0.6 is 0 Å². The zero-order valence-electron chi connectivity index (χ0n) is 28.8. The molecule has 0 spiro atoms. The van der Waals surface area contributed by atoms with Crippen molar-refractivity contribution in [3.05, 3.63) is 54.4 Å². The summed E-state index contributed by atoms with van der Waals surface area (Å²) in [6, 6.07) is 13.3. The number of imide groups is 1. The molecule has 2 aromatic heterocycles. The summed E-state index contributed by atoms with van der Waals surface area (Å²) < 4.78 is 0. The fourth-order valence-electron chi connectivity index (χ4n) is 8.44. The summed E-state index contributed by atoms with van der Waals surface area (Å²) in [5, 5.41) is 27.7. The second-order valence-corrected chi connectivity index (χ2v) is 14.5. The van der Waals surface area contributed by atoms with Crippen molar-refractivity contribution in [2.24, 2.45) is 5.92 Å². The van der Waals surface area contributed by atoms with Crippen molar-refractivity contribution in [3.8, 4) is 17.0 Å². The Hall–Kier alpha value is -4.82. The monoisotopic (exact) mass is 694 g/mol. The number of aromatic hydroxyl groups is 1. The fraction of sp³-hybridized carbons (Fsp3) is 0.514. The molecular weight excluding hydrogens is 648 g/mol. The minimum atomic E-state index is -0.714. The van der Waals surface area contributed by atoms with Gasteiger partial charge in [0.15, 0.2) is 5.82 Å². The van der Waals surface area contributed by atoms with Gasteiger partial charge < -0.3 is 30.4 Å². The Balaban J connectivity index is 0.776. The van der Waals surface area contributed by atoms with Crippen molar-refractivity contribution in [3.63, 3.8) is 0 Å². The zero-order chi connectivity index (χ0) is 34.9. The highest BCUT2D eigenvalue weighted by Gasteiger charge is 2.37. The van der Waals surface area contributed by atoms with E-state index >= 15 is 0 Å². The molecule has 1 aromatic carbocycles. The minimum Gasteiger partial charge on any atom is -0.507 e.